The lowest BCUT2D eigenvalue weighted by atomic mass is 9.95. The van der Waals surface area contributed by atoms with Crippen molar-refractivity contribution in [3.63, 3.8) is 0 Å². The lowest BCUT2D eigenvalue weighted by Gasteiger charge is -2.34. The van der Waals surface area contributed by atoms with Gasteiger partial charge in [-0.05, 0) is 26.7 Å². The summed E-state index contributed by atoms with van der Waals surface area (Å²) in [5, 5.41) is 9.91. The maximum absolute atomic E-state index is 12.2. The Labute approximate surface area is 101 Å². The first kappa shape index (κ1) is 12.5. The number of aromatic amines is 1. The van der Waals surface area contributed by atoms with Crippen molar-refractivity contribution in [1.29, 1.82) is 0 Å². The third-order valence-corrected chi connectivity index (χ3v) is 4.91. The summed E-state index contributed by atoms with van der Waals surface area (Å²) in [4.78, 5) is 6.63. The average molecular weight is 259 g/mol. The molecule has 1 aromatic heterocycles. The minimum Gasteiger partial charge on any atom is -0.390 e. The molecule has 0 radical (unpaired) electrons. The molecule has 0 aromatic carbocycles. The van der Waals surface area contributed by atoms with Gasteiger partial charge in [0.25, 0.3) is 10.0 Å². The maximum Gasteiger partial charge on any atom is 0.260 e. The van der Waals surface area contributed by atoms with Gasteiger partial charge in [0.15, 0.2) is 5.03 Å². The predicted octanol–water partition coefficient (Wildman–Crippen LogP) is 0.254. The minimum absolute atomic E-state index is 0.122. The highest BCUT2D eigenvalue weighted by Gasteiger charge is 2.34. The molecule has 0 spiro atoms. The second kappa shape index (κ2) is 4.08. The van der Waals surface area contributed by atoms with Crippen LogP contribution in [0.3, 0.4) is 0 Å². The van der Waals surface area contributed by atoms with E-state index in [2.05, 4.69) is 9.97 Å². The van der Waals surface area contributed by atoms with Gasteiger partial charge >= 0.3 is 0 Å². The van der Waals surface area contributed by atoms with E-state index in [1.54, 1.807) is 13.8 Å². The molecule has 7 heteroatoms. The van der Waals surface area contributed by atoms with Crippen LogP contribution < -0.4 is 0 Å². The van der Waals surface area contributed by atoms with Crippen LogP contribution in [-0.4, -0.2) is 46.5 Å². The number of hydrogen-bond donors (Lipinski definition) is 2. The van der Waals surface area contributed by atoms with Gasteiger partial charge in [0.05, 0.1) is 11.8 Å². The van der Waals surface area contributed by atoms with Gasteiger partial charge in [-0.2, -0.15) is 4.31 Å². The largest absolute Gasteiger partial charge is 0.390 e. The average Bonchev–Trinajstić information content (AvgIpc) is 2.65. The number of aliphatic hydroxyl groups is 1. The summed E-state index contributed by atoms with van der Waals surface area (Å²) in [5.41, 5.74) is -0.754. The number of nitrogens with zero attached hydrogens (tertiary/aromatic N) is 2. The van der Waals surface area contributed by atoms with Gasteiger partial charge in [0.1, 0.15) is 5.82 Å². The van der Waals surface area contributed by atoms with Crippen LogP contribution in [0.1, 0.15) is 25.6 Å². The number of sulfonamides is 1. The monoisotopic (exact) mass is 259 g/mol. The van der Waals surface area contributed by atoms with Gasteiger partial charge in [-0.1, -0.05) is 0 Å². The number of aryl methyl sites for hydroxylation is 1. The zero-order valence-electron chi connectivity index (χ0n) is 9.97. The summed E-state index contributed by atoms with van der Waals surface area (Å²) in [6, 6.07) is 0. The molecule has 96 valence electrons. The summed E-state index contributed by atoms with van der Waals surface area (Å²) in [6.45, 7) is 4.12. The fourth-order valence-corrected chi connectivity index (χ4v) is 3.28. The molecule has 0 aliphatic carbocycles. The standard InChI is InChI=1S/C10H17N3O3S/c1-8-11-7-9(12-8)17(15,16)13-5-3-10(2,14)4-6-13/h7,14H,3-6H2,1-2H3,(H,11,12). The Bertz CT molecular complexity index is 497. The van der Waals surface area contributed by atoms with Crippen molar-refractivity contribution in [2.24, 2.45) is 0 Å². The van der Waals surface area contributed by atoms with Gasteiger partial charge in [0, 0.05) is 13.1 Å². The van der Waals surface area contributed by atoms with Gasteiger partial charge < -0.3 is 10.1 Å². The lowest BCUT2D eigenvalue weighted by molar-refractivity contribution is 0.0125. The molecule has 2 heterocycles. The van der Waals surface area contributed by atoms with Crippen LogP contribution in [0.15, 0.2) is 11.2 Å². The second-order valence-corrected chi connectivity index (χ2v) is 6.64. The van der Waals surface area contributed by atoms with Crippen LogP contribution in [0.5, 0.6) is 0 Å². The maximum atomic E-state index is 12.2. The van der Waals surface area contributed by atoms with Crippen LogP contribution >= 0.6 is 0 Å². The van der Waals surface area contributed by atoms with E-state index in [1.807, 2.05) is 0 Å². The van der Waals surface area contributed by atoms with Crippen molar-refractivity contribution in [3.8, 4) is 0 Å². The molecule has 1 aliphatic rings. The number of nitrogens with one attached hydrogen (secondary N) is 1. The van der Waals surface area contributed by atoms with Crippen molar-refractivity contribution in [1.82, 2.24) is 14.3 Å². The molecule has 0 bridgehead atoms. The van der Waals surface area contributed by atoms with E-state index < -0.39 is 15.6 Å². The molecule has 17 heavy (non-hydrogen) atoms. The van der Waals surface area contributed by atoms with Crippen molar-refractivity contribution in [3.05, 3.63) is 12.0 Å². The number of rotatable bonds is 2. The first-order valence-electron chi connectivity index (χ1n) is 5.55. The molecular weight excluding hydrogens is 242 g/mol. The van der Waals surface area contributed by atoms with Gasteiger partial charge in [-0.15, -0.1) is 0 Å². The second-order valence-electron chi connectivity index (χ2n) is 4.73. The zero-order chi connectivity index (χ0) is 12.7. The van der Waals surface area contributed by atoms with E-state index in [-0.39, 0.29) is 5.03 Å². The molecular formula is C10H17N3O3S. The minimum atomic E-state index is -3.49. The number of piperidine rings is 1. The summed E-state index contributed by atoms with van der Waals surface area (Å²) < 4.78 is 25.8. The van der Waals surface area contributed by atoms with E-state index in [0.717, 1.165) is 0 Å². The lowest BCUT2D eigenvalue weighted by Crippen LogP contribution is -2.45. The highest BCUT2D eigenvalue weighted by atomic mass is 32.2. The molecule has 1 aliphatic heterocycles. The van der Waals surface area contributed by atoms with E-state index >= 15 is 0 Å². The summed E-state index contributed by atoms with van der Waals surface area (Å²) in [5.74, 6) is 0.576. The van der Waals surface area contributed by atoms with Gasteiger partial charge in [-0.25, -0.2) is 13.4 Å². The quantitative estimate of drug-likeness (QED) is 0.797. The Kier molecular flexibility index (Phi) is 3.01. The molecule has 0 unspecified atom stereocenters. The number of hydrogen-bond acceptors (Lipinski definition) is 4. The van der Waals surface area contributed by atoms with Crippen LogP contribution in [-0.2, 0) is 10.0 Å². The predicted molar refractivity (Wildman–Crippen MR) is 61.9 cm³/mol. The summed E-state index contributed by atoms with van der Waals surface area (Å²) in [7, 11) is -3.49. The third-order valence-electron chi connectivity index (χ3n) is 3.10. The Morgan fingerprint density at radius 3 is 2.53 bits per heavy atom. The Hall–Kier alpha value is -0.920. The molecule has 1 saturated heterocycles. The third kappa shape index (κ3) is 2.51. The van der Waals surface area contributed by atoms with E-state index in [0.29, 0.717) is 31.8 Å². The summed E-state index contributed by atoms with van der Waals surface area (Å²) in [6.07, 6.45) is 2.25. The molecule has 1 aromatic rings. The van der Waals surface area contributed by atoms with Gasteiger partial charge in [-0.3, -0.25) is 0 Å². The van der Waals surface area contributed by atoms with Crippen molar-refractivity contribution in [2.75, 3.05) is 13.1 Å². The zero-order valence-corrected chi connectivity index (χ0v) is 10.8. The van der Waals surface area contributed by atoms with Crippen molar-refractivity contribution < 1.29 is 13.5 Å². The van der Waals surface area contributed by atoms with Crippen LogP contribution in [0, 0.1) is 6.92 Å². The smallest absolute Gasteiger partial charge is 0.260 e. The molecule has 1 fully saturated rings. The number of aromatic nitrogens is 2. The van der Waals surface area contributed by atoms with Crippen LogP contribution in [0.2, 0.25) is 0 Å². The van der Waals surface area contributed by atoms with Crippen molar-refractivity contribution in [2.45, 2.75) is 37.3 Å². The fourth-order valence-electron chi connectivity index (χ4n) is 1.88. The number of H-pyrrole nitrogens is 1. The van der Waals surface area contributed by atoms with Crippen LogP contribution in [0.25, 0.3) is 0 Å². The molecule has 2 N–H and O–H groups in total. The van der Waals surface area contributed by atoms with E-state index in [4.69, 9.17) is 0 Å². The van der Waals surface area contributed by atoms with Gasteiger partial charge in [0.2, 0.25) is 0 Å². The first-order chi connectivity index (χ1) is 7.81. The van der Waals surface area contributed by atoms with Crippen molar-refractivity contribution >= 4 is 10.0 Å². The molecule has 0 amide bonds. The SMILES string of the molecule is Cc1ncc(S(=O)(=O)N2CCC(C)(O)CC2)[nH]1. The normalized spacial score (nSPS) is 21.6. The molecule has 0 atom stereocenters. The molecule has 0 saturated carbocycles. The Balaban J connectivity index is 2.18. The number of imidazole rings is 1. The Morgan fingerprint density at radius 2 is 2.06 bits per heavy atom. The van der Waals surface area contributed by atoms with E-state index in [1.165, 1.54) is 10.5 Å². The molecule has 6 nitrogen and oxygen atoms in total. The topological polar surface area (TPSA) is 86.3 Å². The highest BCUT2D eigenvalue weighted by Crippen LogP contribution is 2.25. The van der Waals surface area contributed by atoms with E-state index in [9.17, 15) is 13.5 Å². The fraction of sp³-hybridized carbons (Fsp3) is 0.700. The molecule has 2 rings (SSSR count). The summed E-state index contributed by atoms with van der Waals surface area (Å²) >= 11 is 0. The van der Waals surface area contributed by atoms with Crippen LogP contribution in [0.4, 0.5) is 0 Å². The first-order valence-corrected chi connectivity index (χ1v) is 6.99. The Morgan fingerprint density at radius 1 is 1.47 bits per heavy atom. The highest BCUT2D eigenvalue weighted by molar-refractivity contribution is 7.89.